The smallest absolute Gasteiger partial charge is 0.267 e. The number of fused-ring (bicyclic) bond motifs is 1. The largest absolute Gasteiger partial charge is 0.467 e. The van der Waals surface area contributed by atoms with Gasteiger partial charge in [-0.1, -0.05) is 30.0 Å². The zero-order valence-corrected chi connectivity index (χ0v) is 19.3. The van der Waals surface area contributed by atoms with Crippen molar-refractivity contribution >= 4 is 51.7 Å². The number of aryl methyl sites for hydroxylation is 1. The van der Waals surface area contributed by atoms with E-state index < -0.39 is 0 Å². The van der Waals surface area contributed by atoms with E-state index in [2.05, 4.69) is 10.3 Å². The quantitative estimate of drug-likeness (QED) is 0.304. The van der Waals surface area contributed by atoms with Crippen LogP contribution in [0.15, 0.2) is 50.8 Å². The summed E-state index contributed by atoms with van der Waals surface area (Å²) in [5.41, 5.74) is 1.49. The molecule has 3 aromatic heterocycles. The van der Waals surface area contributed by atoms with Crippen molar-refractivity contribution in [1.29, 1.82) is 0 Å². The Hall–Kier alpha value is -2.95. The normalized spacial score (nSPS) is 15.3. The molecule has 1 saturated heterocycles. The third-order valence-corrected chi connectivity index (χ3v) is 6.32. The molecule has 0 unspecified atom stereocenters. The summed E-state index contributed by atoms with van der Waals surface area (Å²) in [5, 5.41) is 3.22. The van der Waals surface area contributed by atoms with E-state index in [0.717, 1.165) is 23.7 Å². The molecule has 1 N–H and O–H groups in total. The van der Waals surface area contributed by atoms with Crippen LogP contribution in [0.2, 0.25) is 0 Å². The van der Waals surface area contributed by atoms with Gasteiger partial charge < -0.3 is 14.5 Å². The molecule has 0 aromatic carbocycles. The van der Waals surface area contributed by atoms with Gasteiger partial charge in [0.05, 0.1) is 23.3 Å². The Labute approximate surface area is 194 Å². The van der Waals surface area contributed by atoms with Crippen molar-refractivity contribution in [2.45, 2.75) is 19.9 Å². The summed E-state index contributed by atoms with van der Waals surface area (Å²) in [6, 6.07) is 7.24. The first kappa shape index (κ1) is 22.3. The zero-order valence-electron chi connectivity index (χ0n) is 17.7. The number of nitrogens with zero attached hydrogens (tertiary/aromatic N) is 3. The molecule has 4 heterocycles. The van der Waals surface area contributed by atoms with E-state index in [-0.39, 0.29) is 18.0 Å². The molecule has 0 atom stereocenters. The lowest BCUT2D eigenvalue weighted by Crippen LogP contribution is -2.27. The summed E-state index contributed by atoms with van der Waals surface area (Å²) < 4.78 is 12.3. The van der Waals surface area contributed by atoms with Crippen LogP contribution in [-0.4, -0.2) is 44.8 Å². The van der Waals surface area contributed by atoms with Gasteiger partial charge in [0.25, 0.3) is 11.5 Å². The van der Waals surface area contributed by atoms with Gasteiger partial charge in [-0.3, -0.25) is 18.9 Å². The van der Waals surface area contributed by atoms with Crippen molar-refractivity contribution in [3.8, 4) is 0 Å². The minimum Gasteiger partial charge on any atom is -0.467 e. The number of ether oxygens (including phenoxy) is 1. The lowest BCUT2D eigenvalue weighted by atomic mass is 10.2. The Morgan fingerprint density at radius 1 is 1.31 bits per heavy atom. The van der Waals surface area contributed by atoms with E-state index in [1.54, 1.807) is 43.8 Å². The maximum atomic E-state index is 13.3. The average Bonchev–Trinajstić information content (AvgIpc) is 3.38. The monoisotopic (exact) mass is 470 g/mol. The number of amides is 1. The second-order valence-corrected chi connectivity index (χ2v) is 8.86. The van der Waals surface area contributed by atoms with E-state index in [1.807, 2.05) is 13.0 Å². The Morgan fingerprint density at radius 2 is 2.16 bits per heavy atom. The number of aromatic nitrogens is 2. The Morgan fingerprint density at radius 3 is 2.91 bits per heavy atom. The molecule has 1 aliphatic heterocycles. The molecule has 4 rings (SSSR count). The highest BCUT2D eigenvalue weighted by atomic mass is 32.2. The van der Waals surface area contributed by atoms with Crippen LogP contribution in [0.1, 0.15) is 23.3 Å². The maximum Gasteiger partial charge on any atom is 0.267 e. The number of rotatable bonds is 8. The number of nitrogens with one attached hydrogen (secondary N) is 1. The number of furan rings is 1. The number of anilines is 1. The van der Waals surface area contributed by atoms with Crippen molar-refractivity contribution in [2.24, 2.45) is 0 Å². The minimum absolute atomic E-state index is 0.241. The Balaban J connectivity index is 1.73. The van der Waals surface area contributed by atoms with Gasteiger partial charge in [0.1, 0.15) is 21.5 Å². The van der Waals surface area contributed by atoms with Crippen LogP contribution in [0.25, 0.3) is 11.7 Å². The minimum atomic E-state index is -0.268. The van der Waals surface area contributed by atoms with Crippen molar-refractivity contribution in [1.82, 2.24) is 14.3 Å². The number of hydrogen-bond donors (Lipinski definition) is 1. The highest BCUT2D eigenvalue weighted by molar-refractivity contribution is 8.26. The number of methoxy groups -OCH3 is 1. The van der Waals surface area contributed by atoms with Crippen LogP contribution in [0, 0.1) is 6.92 Å². The number of carbonyl (C=O) groups excluding carboxylic acids is 1. The summed E-state index contributed by atoms with van der Waals surface area (Å²) in [7, 11) is 1.64. The molecule has 0 saturated carbocycles. The first-order valence-electron chi connectivity index (χ1n) is 10.0. The number of hydrogen-bond acceptors (Lipinski definition) is 8. The predicted octanol–water partition coefficient (Wildman–Crippen LogP) is 3.45. The summed E-state index contributed by atoms with van der Waals surface area (Å²) in [6.07, 6.45) is 5.54. The fraction of sp³-hybridized carbons (Fsp3) is 0.273. The molecule has 32 heavy (non-hydrogen) atoms. The maximum absolute atomic E-state index is 13.3. The number of carbonyl (C=O) groups is 1. The van der Waals surface area contributed by atoms with Gasteiger partial charge in [-0.15, -0.1) is 0 Å². The summed E-state index contributed by atoms with van der Waals surface area (Å²) >= 11 is 6.56. The van der Waals surface area contributed by atoms with E-state index in [9.17, 15) is 9.59 Å². The van der Waals surface area contributed by atoms with Crippen molar-refractivity contribution in [2.75, 3.05) is 25.6 Å². The molecular weight excluding hydrogens is 448 g/mol. The molecule has 0 bridgehead atoms. The zero-order chi connectivity index (χ0) is 22.7. The standard InChI is InChI=1S/C22H22N4O4S2/c1-14-6-3-9-25-19(14)24-18(23-8-5-10-29-2)16(20(25)27)12-17-21(28)26(22(31)32-17)13-15-7-4-11-30-15/h3-4,6-7,9,11-12,23H,5,8,10,13H2,1-2H3/b17-12-. The molecule has 10 heteroatoms. The molecule has 1 fully saturated rings. The summed E-state index contributed by atoms with van der Waals surface area (Å²) in [6.45, 7) is 3.29. The second kappa shape index (κ2) is 9.68. The van der Waals surface area contributed by atoms with E-state index in [0.29, 0.717) is 45.2 Å². The van der Waals surface area contributed by atoms with Crippen LogP contribution in [0.3, 0.4) is 0 Å². The van der Waals surface area contributed by atoms with Crippen LogP contribution in [-0.2, 0) is 16.1 Å². The fourth-order valence-electron chi connectivity index (χ4n) is 3.33. The molecule has 1 aliphatic rings. The lowest BCUT2D eigenvalue weighted by Gasteiger charge is -2.13. The summed E-state index contributed by atoms with van der Waals surface area (Å²) in [4.78, 5) is 32.9. The lowest BCUT2D eigenvalue weighted by molar-refractivity contribution is -0.122. The van der Waals surface area contributed by atoms with E-state index in [1.165, 1.54) is 9.30 Å². The van der Waals surface area contributed by atoms with E-state index in [4.69, 9.17) is 21.4 Å². The van der Waals surface area contributed by atoms with Gasteiger partial charge in [0, 0.05) is 26.5 Å². The number of thiocarbonyl (C=S) groups is 1. The number of thioether (sulfide) groups is 1. The first-order valence-corrected chi connectivity index (χ1v) is 11.2. The van der Waals surface area contributed by atoms with Crippen molar-refractivity contribution in [3.63, 3.8) is 0 Å². The Kier molecular flexibility index (Phi) is 6.73. The Bertz CT molecular complexity index is 1250. The summed E-state index contributed by atoms with van der Waals surface area (Å²) in [5.74, 6) is 0.790. The third kappa shape index (κ3) is 4.47. The molecule has 0 spiro atoms. The average molecular weight is 471 g/mol. The van der Waals surface area contributed by atoms with Gasteiger partial charge in [0.15, 0.2) is 0 Å². The fourth-order valence-corrected chi connectivity index (χ4v) is 4.56. The SMILES string of the molecule is COCCCNc1nc2c(C)cccn2c(=O)c1/C=C1\SC(=S)N(Cc2ccco2)C1=O. The van der Waals surface area contributed by atoms with Crippen molar-refractivity contribution < 1.29 is 13.9 Å². The van der Waals surface area contributed by atoms with Gasteiger partial charge in [-0.25, -0.2) is 4.98 Å². The molecular formula is C22H22N4O4S2. The number of pyridine rings is 1. The molecule has 8 nitrogen and oxygen atoms in total. The topological polar surface area (TPSA) is 89.1 Å². The molecule has 0 radical (unpaired) electrons. The van der Waals surface area contributed by atoms with E-state index >= 15 is 0 Å². The highest BCUT2D eigenvalue weighted by Crippen LogP contribution is 2.34. The van der Waals surface area contributed by atoms with Crippen LogP contribution >= 0.6 is 24.0 Å². The van der Waals surface area contributed by atoms with Gasteiger partial charge in [0.2, 0.25) is 0 Å². The van der Waals surface area contributed by atoms with Crippen molar-refractivity contribution in [3.05, 3.63) is 68.9 Å². The van der Waals surface area contributed by atoms with Gasteiger partial charge in [-0.05, 0) is 43.2 Å². The van der Waals surface area contributed by atoms with Gasteiger partial charge >= 0.3 is 0 Å². The van der Waals surface area contributed by atoms with Gasteiger partial charge in [-0.2, -0.15) is 0 Å². The molecule has 166 valence electrons. The van der Waals surface area contributed by atoms with Crippen LogP contribution < -0.4 is 10.9 Å². The van der Waals surface area contributed by atoms with Crippen LogP contribution in [0.5, 0.6) is 0 Å². The highest BCUT2D eigenvalue weighted by Gasteiger charge is 2.33. The predicted molar refractivity (Wildman–Crippen MR) is 129 cm³/mol. The van der Waals surface area contributed by atoms with Crippen LogP contribution in [0.4, 0.5) is 5.82 Å². The molecule has 3 aromatic rings. The molecule has 1 amide bonds. The molecule has 0 aliphatic carbocycles. The third-order valence-electron chi connectivity index (χ3n) is 4.95. The first-order chi connectivity index (χ1) is 15.5. The second-order valence-electron chi connectivity index (χ2n) is 7.18.